The molecule has 0 saturated heterocycles. The maximum absolute atomic E-state index is 12.0. The van der Waals surface area contributed by atoms with Gasteiger partial charge in [0.1, 0.15) is 11.5 Å². The molecule has 0 saturated carbocycles. The number of nitrogens with zero attached hydrogens (tertiary/aromatic N) is 1. The van der Waals surface area contributed by atoms with Crippen molar-refractivity contribution in [3.05, 3.63) is 58.1 Å². The van der Waals surface area contributed by atoms with Crippen LogP contribution >= 0.6 is 0 Å². The molecule has 8 heteroatoms. The van der Waals surface area contributed by atoms with Crippen LogP contribution in [0.25, 0.3) is 0 Å². The molecule has 2 rings (SSSR count). The molecular weight excluding hydrogens is 314 g/mol. The molecule has 0 heterocycles. The van der Waals surface area contributed by atoms with Crippen molar-refractivity contribution in [3.8, 4) is 11.5 Å². The second-order valence-electron chi connectivity index (χ2n) is 4.76. The average molecular weight is 331 g/mol. The number of non-ortho nitro benzene ring substituents is 1. The van der Waals surface area contributed by atoms with Crippen molar-refractivity contribution in [2.75, 3.05) is 19.5 Å². The minimum absolute atomic E-state index is 0.143. The summed E-state index contributed by atoms with van der Waals surface area (Å²) >= 11 is 0. The van der Waals surface area contributed by atoms with E-state index in [4.69, 9.17) is 9.47 Å². The normalized spacial score (nSPS) is 9.92. The van der Waals surface area contributed by atoms with Crippen molar-refractivity contribution in [3.63, 3.8) is 0 Å². The Hall–Kier alpha value is -3.29. The van der Waals surface area contributed by atoms with Gasteiger partial charge in [0.15, 0.2) is 0 Å². The lowest BCUT2D eigenvalue weighted by molar-refractivity contribution is -0.384. The Morgan fingerprint density at radius 2 is 1.83 bits per heavy atom. The fourth-order valence-electron chi connectivity index (χ4n) is 2.10. The molecule has 0 radical (unpaired) electrons. The highest BCUT2D eigenvalue weighted by Gasteiger charge is 2.13. The van der Waals surface area contributed by atoms with E-state index >= 15 is 0 Å². The quantitative estimate of drug-likeness (QED) is 0.626. The second-order valence-corrected chi connectivity index (χ2v) is 4.76. The van der Waals surface area contributed by atoms with Gasteiger partial charge in [0, 0.05) is 24.2 Å². The molecule has 2 amide bonds. The first-order chi connectivity index (χ1) is 11.5. The van der Waals surface area contributed by atoms with Crippen LogP contribution in [0.15, 0.2) is 42.5 Å². The number of carbonyl (C=O) groups is 1. The highest BCUT2D eigenvalue weighted by Crippen LogP contribution is 2.28. The van der Waals surface area contributed by atoms with Crippen LogP contribution in [0, 0.1) is 10.1 Å². The topological polar surface area (TPSA) is 103 Å². The minimum atomic E-state index is -0.544. The Morgan fingerprint density at radius 3 is 2.50 bits per heavy atom. The summed E-state index contributed by atoms with van der Waals surface area (Å²) in [4.78, 5) is 22.3. The van der Waals surface area contributed by atoms with Crippen molar-refractivity contribution in [2.24, 2.45) is 0 Å². The number of hydrogen-bond donors (Lipinski definition) is 2. The summed E-state index contributed by atoms with van der Waals surface area (Å²) in [6.45, 7) is 0.243. The molecule has 0 unspecified atom stereocenters. The Kier molecular flexibility index (Phi) is 5.56. The zero-order valence-electron chi connectivity index (χ0n) is 13.2. The predicted molar refractivity (Wildman–Crippen MR) is 88.5 cm³/mol. The number of carbonyl (C=O) groups excluding carboxylic acids is 1. The second kappa shape index (κ2) is 7.82. The number of nitrogens with one attached hydrogen (secondary N) is 2. The van der Waals surface area contributed by atoms with Crippen LogP contribution in [-0.4, -0.2) is 25.2 Å². The van der Waals surface area contributed by atoms with E-state index in [-0.39, 0.29) is 17.9 Å². The van der Waals surface area contributed by atoms with Gasteiger partial charge >= 0.3 is 6.03 Å². The zero-order chi connectivity index (χ0) is 17.5. The van der Waals surface area contributed by atoms with Gasteiger partial charge in [-0.15, -0.1) is 0 Å². The molecule has 24 heavy (non-hydrogen) atoms. The number of amides is 2. The van der Waals surface area contributed by atoms with Gasteiger partial charge in [-0.2, -0.15) is 0 Å². The van der Waals surface area contributed by atoms with Gasteiger partial charge in [0.05, 0.1) is 24.8 Å². The predicted octanol–water partition coefficient (Wildman–Crippen LogP) is 2.93. The highest BCUT2D eigenvalue weighted by atomic mass is 16.6. The third-order valence-corrected chi connectivity index (χ3v) is 3.27. The molecule has 2 aromatic rings. The molecule has 0 aliphatic heterocycles. The molecule has 8 nitrogen and oxygen atoms in total. The lowest BCUT2D eigenvalue weighted by Crippen LogP contribution is -2.28. The van der Waals surface area contributed by atoms with Crippen LogP contribution in [0.5, 0.6) is 11.5 Å². The van der Waals surface area contributed by atoms with E-state index < -0.39 is 11.0 Å². The zero-order valence-corrected chi connectivity index (χ0v) is 13.2. The molecular formula is C16H17N3O5. The fraction of sp³-hybridized carbons (Fsp3) is 0.188. The Balaban J connectivity index is 2.06. The standard InChI is InChI=1S/C16H17N3O5/c1-23-14-6-4-3-5-11(14)10-17-16(20)18-13-9-12(19(21)22)7-8-15(13)24-2/h3-9H,10H2,1-2H3,(H2,17,18,20). The number of nitro groups is 1. The largest absolute Gasteiger partial charge is 0.496 e. The summed E-state index contributed by atoms with van der Waals surface area (Å²) in [6.07, 6.45) is 0. The SMILES string of the molecule is COc1ccccc1CNC(=O)Nc1cc([N+](=O)[O-])ccc1OC. The van der Waals surface area contributed by atoms with Crippen LogP contribution in [-0.2, 0) is 6.54 Å². The van der Waals surface area contributed by atoms with Crippen molar-refractivity contribution >= 4 is 17.4 Å². The number of hydrogen-bond acceptors (Lipinski definition) is 5. The number of para-hydroxylation sites is 1. The van der Waals surface area contributed by atoms with Crippen LogP contribution in [0.3, 0.4) is 0 Å². The molecule has 0 spiro atoms. The summed E-state index contributed by atoms with van der Waals surface area (Å²) < 4.78 is 10.3. The monoisotopic (exact) mass is 331 g/mol. The van der Waals surface area contributed by atoms with Gasteiger partial charge in [-0.25, -0.2) is 4.79 Å². The van der Waals surface area contributed by atoms with E-state index in [0.717, 1.165) is 5.56 Å². The Labute approximate surface area is 138 Å². The Morgan fingerprint density at radius 1 is 1.12 bits per heavy atom. The van der Waals surface area contributed by atoms with Gasteiger partial charge in [-0.3, -0.25) is 10.1 Å². The van der Waals surface area contributed by atoms with E-state index in [9.17, 15) is 14.9 Å². The first-order valence-electron chi connectivity index (χ1n) is 7.04. The molecule has 2 N–H and O–H groups in total. The third-order valence-electron chi connectivity index (χ3n) is 3.27. The highest BCUT2D eigenvalue weighted by molar-refractivity contribution is 5.91. The Bertz CT molecular complexity index is 748. The summed E-state index contributed by atoms with van der Waals surface area (Å²) in [7, 11) is 2.96. The summed E-state index contributed by atoms with van der Waals surface area (Å²) in [5.41, 5.74) is 0.876. The first-order valence-corrected chi connectivity index (χ1v) is 7.04. The molecule has 126 valence electrons. The molecule has 0 aliphatic rings. The van der Waals surface area contributed by atoms with Crippen LogP contribution < -0.4 is 20.1 Å². The van der Waals surface area contributed by atoms with Gasteiger partial charge < -0.3 is 20.1 Å². The lowest BCUT2D eigenvalue weighted by atomic mass is 10.2. The van der Waals surface area contributed by atoms with Crippen molar-refractivity contribution in [1.29, 1.82) is 0 Å². The summed E-state index contributed by atoms with van der Waals surface area (Å²) in [6, 6.07) is 10.7. The molecule has 0 bridgehead atoms. The molecule has 0 fully saturated rings. The number of methoxy groups -OCH3 is 2. The van der Waals surface area contributed by atoms with Gasteiger partial charge in [0.25, 0.3) is 5.69 Å². The van der Waals surface area contributed by atoms with Crippen LogP contribution in [0.4, 0.5) is 16.2 Å². The number of rotatable bonds is 6. The lowest BCUT2D eigenvalue weighted by Gasteiger charge is -2.12. The number of nitro benzene ring substituents is 1. The molecule has 2 aromatic carbocycles. The number of urea groups is 1. The maximum Gasteiger partial charge on any atom is 0.319 e. The van der Waals surface area contributed by atoms with Crippen LogP contribution in [0.2, 0.25) is 0 Å². The maximum atomic E-state index is 12.0. The summed E-state index contributed by atoms with van der Waals surface area (Å²) in [5.74, 6) is 0.985. The number of anilines is 1. The van der Waals surface area contributed by atoms with Gasteiger partial charge in [0.2, 0.25) is 0 Å². The first kappa shape index (κ1) is 17.1. The number of benzene rings is 2. The van der Waals surface area contributed by atoms with E-state index in [0.29, 0.717) is 11.5 Å². The van der Waals surface area contributed by atoms with Crippen molar-refractivity contribution < 1.29 is 19.2 Å². The minimum Gasteiger partial charge on any atom is -0.496 e. The number of ether oxygens (including phenoxy) is 2. The fourth-order valence-corrected chi connectivity index (χ4v) is 2.10. The van der Waals surface area contributed by atoms with E-state index in [1.807, 2.05) is 18.2 Å². The van der Waals surface area contributed by atoms with E-state index in [1.54, 1.807) is 13.2 Å². The summed E-state index contributed by atoms with van der Waals surface area (Å²) in [5, 5.41) is 16.1. The molecule has 0 aliphatic carbocycles. The van der Waals surface area contributed by atoms with E-state index in [2.05, 4.69) is 10.6 Å². The van der Waals surface area contributed by atoms with Crippen LogP contribution in [0.1, 0.15) is 5.56 Å². The van der Waals surface area contributed by atoms with Gasteiger partial charge in [-0.05, 0) is 12.1 Å². The van der Waals surface area contributed by atoms with Gasteiger partial charge in [-0.1, -0.05) is 18.2 Å². The van der Waals surface area contributed by atoms with E-state index in [1.165, 1.54) is 25.3 Å². The molecule has 0 atom stereocenters. The smallest absolute Gasteiger partial charge is 0.319 e. The average Bonchev–Trinajstić information content (AvgIpc) is 2.60. The third kappa shape index (κ3) is 4.13. The van der Waals surface area contributed by atoms with Crippen molar-refractivity contribution in [2.45, 2.75) is 6.54 Å². The van der Waals surface area contributed by atoms with Crippen molar-refractivity contribution in [1.82, 2.24) is 5.32 Å². The molecule has 0 aromatic heterocycles.